The van der Waals surface area contributed by atoms with E-state index in [1.807, 2.05) is 11.8 Å². The second kappa shape index (κ2) is 11.7. The third-order valence-corrected chi connectivity index (χ3v) is 4.19. The number of thioether (sulfide) groups is 1. The Labute approximate surface area is 119 Å². The zero-order chi connectivity index (χ0) is 14.6. The van der Waals surface area contributed by atoms with Crippen LogP contribution < -0.4 is 0 Å². The van der Waals surface area contributed by atoms with Gasteiger partial charge in [0.1, 0.15) is 0 Å². The molecule has 0 aliphatic heterocycles. The molecule has 0 aromatic carbocycles. The van der Waals surface area contributed by atoms with Gasteiger partial charge in [-0.2, -0.15) is 5.26 Å². The van der Waals surface area contributed by atoms with Crippen molar-refractivity contribution in [2.75, 3.05) is 5.75 Å². The Morgan fingerprint density at radius 3 is 2.11 bits per heavy atom. The molecule has 106 valence electrons. The second-order valence-electron chi connectivity index (χ2n) is 5.72. The first-order valence-electron chi connectivity index (χ1n) is 6.94. The van der Waals surface area contributed by atoms with Crippen molar-refractivity contribution in [1.82, 2.24) is 0 Å². The van der Waals surface area contributed by atoms with Gasteiger partial charge in [0.2, 0.25) is 0 Å². The number of hydrogen-bond donors (Lipinski definition) is 0. The highest BCUT2D eigenvalue weighted by Crippen LogP contribution is 2.23. The zero-order valence-corrected chi connectivity index (χ0v) is 14.2. The molecule has 0 rings (SSSR count). The van der Waals surface area contributed by atoms with E-state index >= 15 is 0 Å². The molecule has 0 spiro atoms. The lowest BCUT2D eigenvalue weighted by atomic mass is 9.84. The molecule has 0 saturated heterocycles. The van der Waals surface area contributed by atoms with Crippen LogP contribution in [-0.4, -0.2) is 5.75 Å². The Kier molecular flexibility index (Phi) is 12.9. The van der Waals surface area contributed by atoms with Gasteiger partial charge in [0.25, 0.3) is 0 Å². The molecule has 0 atom stereocenters. The highest BCUT2D eigenvalue weighted by atomic mass is 32.2. The largest absolute Gasteiger partial charge is 0.198 e. The van der Waals surface area contributed by atoms with E-state index in [9.17, 15) is 0 Å². The number of hydrogen-bond acceptors (Lipinski definition) is 2. The van der Waals surface area contributed by atoms with Crippen molar-refractivity contribution >= 4 is 11.8 Å². The summed E-state index contributed by atoms with van der Waals surface area (Å²) in [6, 6.07) is 2.15. The molecule has 0 radical (unpaired) electrons. The molecule has 0 heterocycles. The minimum atomic E-state index is 0.500. The standard InChI is InChI=1S/C9H15NS.C7H16/c1-3-9(11-4-2)7-5-6-8-10;1-6(2)7(3,4)5/h3H,4-7H2,1-2H3;6H,1-5H3/b9-3+;. The molecular weight excluding hydrogens is 238 g/mol. The van der Waals surface area contributed by atoms with Crippen LogP contribution in [0.15, 0.2) is 11.0 Å². The Morgan fingerprint density at radius 1 is 1.33 bits per heavy atom. The summed E-state index contributed by atoms with van der Waals surface area (Å²) in [4.78, 5) is 1.42. The molecule has 0 fully saturated rings. The Balaban J connectivity index is 0. The summed E-state index contributed by atoms with van der Waals surface area (Å²) in [6.45, 7) is 15.5. The van der Waals surface area contributed by atoms with Crippen molar-refractivity contribution in [3.63, 3.8) is 0 Å². The lowest BCUT2D eigenvalue weighted by Crippen LogP contribution is -2.12. The quantitative estimate of drug-likeness (QED) is 0.569. The van der Waals surface area contributed by atoms with E-state index < -0.39 is 0 Å². The van der Waals surface area contributed by atoms with Gasteiger partial charge in [-0.1, -0.05) is 47.6 Å². The maximum atomic E-state index is 8.31. The third-order valence-electron chi connectivity index (χ3n) is 3.10. The Hall–Kier alpha value is -0.420. The van der Waals surface area contributed by atoms with E-state index in [0.29, 0.717) is 11.8 Å². The highest BCUT2D eigenvalue weighted by Gasteiger charge is 2.13. The summed E-state index contributed by atoms with van der Waals surface area (Å²) in [7, 11) is 0. The molecule has 0 saturated carbocycles. The van der Waals surface area contributed by atoms with Crippen LogP contribution in [0.5, 0.6) is 0 Å². The monoisotopic (exact) mass is 269 g/mol. The molecule has 0 unspecified atom stereocenters. The van der Waals surface area contributed by atoms with Gasteiger partial charge in [0.05, 0.1) is 6.07 Å². The summed E-state index contributed by atoms with van der Waals surface area (Å²) < 4.78 is 0. The molecule has 2 heteroatoms. The van der Waals surface area contributed by atoms with Gasteiger partial charge >= 0.3 is 0 Å². The Bertz CT molecular complexity index is 253. The topological polar surface area (TPSA) is 23.8 Å². The maximum absolute atomic E-state index is 8.31. The van der Waals surface area contributed by atoms with Crippen LogP contribution in [0.2, 0.25) is 0 Å². The van der Waals surface area contributed by atoms with Crippen LogP contribution in [0.4, 0.5) is 0 Å². The fourth-order valence-electron chi connectivity index (χ4n) is 0.827. The van der Waals surface area contributed by atoms with Gasteiger partial charge in [-0.25, -0.2) is 0 Å². The van der Waals surface area contributed by atoms with E-state index in [1.165, 1.54) is 4.91 Å². The number of rotatable bonds is 5. The van der Waals surface area contributed by atoms with Crippen LogP contribution in [0.3, 0.4) is 0 Å². The normalized spacial score (nSPS) is 11.8. The van der Waals surface area contributed by atoms with E-state index in [2.05, 4.69) is 60.6 Å². The molecule has 0 aliphatic rings. The van der Waals surface area contributed by atoms with Gasteiger partial charge < -0.3 is 0 Å². The lowest BCUT2D eigenvalue weighted by molar-refractivity contribution is 0.283. The van der Waals surface area contributed by atoms with Gasteiger partial charge in [-0.05, 0) is 41.8 Å². The van der Waals surface area contributed by atoms with Crippen molar-refractivity contribution in [2.24, 2.45) is 11.3 Å². The summed E-state index contributed by atoms with van der Waals surface area (Å²) in [5, 5.41) is 8.31. The minimum Gasteiger partial charge on any atom is -0.198 e. The summed E-state index contributed by atoms with van der Waals surface area (Å²) >= 11 is 1.88. The molecule has 0 aliphatic carbocycles. The molecule has 0 aromatic heterocycles. The predicted octanol–water partition coefficient (Wildman–Crippen LogP) is 6.03. The first-order chi connectivity index (χ1) is 8.29. The van der Waals surface area contributed by atoms with Crippen molar-refractivity contribution in [3.05, 3.63) is 11.0 Å². The SMILES string of the molecule is C/C=C(\CCCC#N)SCC.CC(C)C(C)(C)C. The smallest absolute Gasteiger partial charge is 0.0621 e. The molecular formula is C16H31NS. The molecule has 0 bridgehead atoms. The van der Waals surface area contributed by atoms with E-state index in [-0.39, 0.29) is 0 Å². The fraction of sp³-hybridized carbons (Fsp3) is 0.812. The summed E-state index contributed by atoms with van der Waals surface area (Å²) in [5.41, 5.74) is 0.500. The minimum absolute atomic E-state index is 0.500. The number of unbranched alkanes of at least 4 members (excludes halogenated alkanes) is 1. The van der Waals surface area contributed by atoms with E-state index in [1.54, 1.807) is 0 Å². The van der Waals surface area contributed by atoms with Crippen LogP contribution in [0.1, 0.15) is 67.7 Å². The Morgan fingerprint density at radius 2 is 1.83 bits per heavy atom. The van der Waals surface area contributed by atoms with Crippen LogP contribution in [0.25, 0.3) is 0 Å². The lowest BCUT2D eigenvalue weighted by Gasteiger charge is -2.22. The number of nitrogens with zero attached hydrogens (tertiary/aromatic N) is 1. The molecule has 18 heavy (non-hydrogen) atoms. The average molecular weight is 269 g/mol. The average Bonchev–Trinajstić information content (AvgIpc) is 2.27. The van der Waals surface area contributed by atoms with Crippen molar-refractivity contribution < 1.29 is 0 Å². The first-order valence-corrected chi connectivity index (χ1v) is 7.93. The van der Waals surface area contributed by atoms with Crippen LogP contribution >= 0.6 is 11.8 Å². The molecule has 1 nitrogen and oxygen atoms in total. The van der Waals surface area contributed by atoms with Crippen molar-refractivity contribution in [2.45, 2.75) is 67.7 Å². The first kappa shape index (κ1) is 19.9. The van der Waals surface area contributed by atoms with Gasteiger partial charge in [-0.15, -0.1) is 11.8 Å². The van der Waals surface area contributed by atoms with E-state index in [0.717, 1.165) is 24.5 Å². The van der Waals surface area contributed by atoms with E-state index in [4.69, 9.17) is 5.26 Å². The van der Waals surface area contributed by atoms with Gasteiger partial charge in [0.15, 0.2) is 0 Å². The zero-order valence-electron chi connectivity index (χ0n) is 13.3. The van der Waals surface area contributed by atoms with Gasteiger partial charge in [-0.3, -0.25) is 0 Å². The third kappa shape index (κ3) is 13.6. The molecule has 0 amide bonds. The summed E-state index contributed by atoms with van der Waals surface area (Å²) in [6.07, 6.45) is 4.90. The number of allylic oxidation sites excluding steroid dienone is 2. The molecule has 0 N–H and O–H groups in total. The van der Waals surface area contributed by atoms with Crippen LogP contribution in [0, 0.1) is 22.7 Å². The summed E-state index contributed by atoms with van der Waals surface area (Å²) in [5.74, 6) is 1.93. The maximum Gasteiger partial charge on any atom is 0.0621 e. The molecule has 0 aromatic rings. The number of nitriles is 1. The van der Waals surface area contributed by atoms with Crippen molar-refractivity contribution in [1.29, 1.82) is 5.26 Å². The highest BCUT2D eigenvalue weighted by molar-refractivity contribution is 8.03. The predicted molar refractivity (Wildman–Crippen MR) is 85.6 cm³/mol. The fourth-order valence-corrected chi connectivity index (χ4v) is 1.65. The van der Waals surface area contributed by atoms with Gasteiger partial charge in [0, 0.05) is 6.42 Å². The second-order valence-corrected chi connectivity index (χ2v) is 7.11. The van der Waals surface area contributed by atoms with Crippen molar-refractivity contribution in [3.8, 4) is 6.07 Å². The van der Waals surface area contributed by atoms with Crippen LogP contribution in [-0.2, 0) is 0 Å².